The number of carbonyl (C=O) groups is 1. The van der Waals surface area contributed by atoms with E-state index < -0.39 is 0 Å². The Labute approximate surface area is 155 Å². The van der Waals surface area contributed by atoms with Crippen LogP contribution in [0.25, 0.3) is 0 Å². The van der Waals surface area contributed by atoms with Crippen LogP contribution in [0.5, 0.6) is 0 Å². The summed E-state index contributed by atoms with van der Waals surface area (Å²) in [6.07, 6.45) is 15.2. The molecule has 1 amide bonds. The number of benzene rings is 1. The largest absolute Gasteiger partial charge is 0.356 e. The van der Waals surface area contributed by atoms with E-state index in [1.807, 2.05) is 6.07 Å². The number of amides is 1. The Hall–Kier alpha value is -1.31. The van der Waals surface area contributed by atoms with Crippen molar-refractivity contribution < 1.29 is 4.79 Å². The van der Waals surface area contributed by atoms with Crippen molar-refractivity contribution in [3.05, 3.63) is 35.9 Å². The lowest BCUT2D eigenvalue weighted by Gasteiger charge is -2.13. The number of rotatable bonds is 15. The minimum Gasteiger partial charge on any atom is -0.356 e. The summed E-state index contributed by atoms with van der Waals surface area (Å²) in [7, 11) is 0. The quantitative estimate of drug-likeness (QED) is 0.356. The van der Waals surface area contributed by atoms with Crippen LogP contribution in [0.1, 0.15) is 102 Å². The zero-order valence-electron chi connectivity index (χ0n) is 16.6. The maximum Gasteiger partial charge on any atom is 0.220 e. The minimum absolute atomic E-state index is 0.207. The summed E-state index contributed by atoms with van der Waals surface area (Å²) in [5.41, 5.74) is 1.29. The third kappa shape index (κ3) is 11.8. The van der Waals surface area contributed by atoms with Crippen molar-refractivity contribution in [1.29, 1.82) is 0 Å². The third-order valence-electron chi connectivity index (χ3n) is 4.98. The molecule has 0 aliphatic heterocycles. The Bertz CT molecular complexity index is 429. The standard InChI is InChI=1S/C23H39NO/c1-3-4-5-6-7-8-9-10-11-12-16-19-23(25)24-20-21(2)22-17-14-13-15-18-22/h13-15,17-18,21H,3-12,16,19-20H2,1-2H3,(H,24,25)/t21-/m1/s1. The van der Waals surface area contributed by atoms with E-state index in [9.17, 15) is 4.79 Å². The smallest absolute Gasteiger partial charge is 0.220 e. The molecule has 0 saturated carbocycles. The second-order valence-electron chi connectivity index (χ2n) is 7.40. The number of unbranched alkanes of at least 4 members (excludes halogenated alkanes) is 10. The highest BCUT2D eigenvalue weighted by Gasteiger charge is 2.07. The van der Waals surface area contributed by atoms with Crippen molar-refractivity contribution in [2.75, 3.05) is 6.54 Å². The molecule has 0 aliphatic rings. The predicted molar refractivity (Wildman–Crippen MR) is 109 cm³/mol. The highest BCUT2D eigenvalue weighted by atomic mass is 16.1. The van der Waals surface area contributed by atoms with Gasteiger partial charge in [-0.2, -0.15) is 0 Å². The number of hydrogen-bond donors (Lipinski definition) is 1. The summed E-state index contributed by atoms with van der Waals surface area (Å²) < 4.78 is 0. The van der Waals surface area contributed by atoms with Gasteiger partial charge in [-0.3, -0.25) is 4.79 Å². The van der Waals surface area contributed by atoms with Crippen LogP contribution in [0.3, 0.4) is 0 Å². The van der Waals surface area contributed by atoms with E-state index >= 15 is 0 Å². The average molecular weight is 346 g/mol. The van der Waals surface area contributed by atoms with Gasteiger partial charge in [-0.1, -0.05) is 108 Å². The highest BCUT2D eigenvalue weighted by molar-refractivity contribution is 5.75. The van der Waals surface area contributed by atoms with E-state index in [0.29, 0.717) is 12.3 Å². The van der Waals surface area contributed by atoms with Crippen LogP contribution >= 0.6 is 0 Å². The van der Waals surface area contributed by atoms with E-state index in [0.717, 1.165) is 13.0 Å². The Morgan fingerprint density at radius 1 is 0.840 bits per heavy atom. The Balaban J connectivity index is 1.90. The van der Waals surface area contributed by atoms with Gasteiger partial charge in [-0.15, -0.1) is 0 Å². The van der Waals surface area contributed by atoms with Gasteiger partial charge in [0.05, 0.1) is 0 Å². The van der Waals surface area contributed by atoms with Crippen molar-refractivity contribution in [2.45, 2.75) is 96.8 Å². The summed E-state index contributed by atoms with van der Waals surface area (Å²) in [6.45, 7) is 5.17. The topological polar surface area (TPSA) is 29.1 Å². The molecule has 1 aromatic rings. The fraction of sp³-hybridized carbons (Fsp3) is 0.696. The van der Waals surface area contributed by atoms with E-state index in [1.165, 1.54) is 69.8 Å². The first-order valence-electron chi connectivity index (χ1n) is 10.6. The van der Waals surface area contributed by atoms with Crippen LogP contribution in [-0.4, -0.2) is 12.5 Å². The van der Waals surface area contributed by atoms with Crippen LogP contribution in [-0.2, 0) is 4.79 Å². The van der Waals surface area contributed by atoms with Crippen LogP contribution in [0.4, 0.5) is 0 Å². The summed E-state index contributed by atoms with van der Waals surface area (Å²) in [5, 5.41) is 3.08. The molecule has 1 aromatic carbocycles. The normalized spacial score (nSPS) is 12.1. The van der Waals surface area contributed by atoms with E-state index in [-0.39, 0.29) is 5.91 Å². The number of hydrogen-bond acceptors (Lipinski definition) is 1. The number of nitrogens with one attached hydrogen (secondary N) is 1. The molecule has 1 atom stereocenters. The molecular weight excluding hydrogens is 306 g/mol. The monoisotopic (exact) mass is 345 g/mol. The molecule has 1 N–H and O–H groups in total. The molecule has 1 rings (SSSR count). The SMILES string of the molecule is CCCCCCCCCCCCCC(=O)NC[C@@H](C)c1ccccc1. The molecule has 2 heteroatoms. The molecule has 25 heavy (non-hydrogen) atoms. The first-order chi connectivity index (χ1) is 12.2. The molecule has 0 spiro atoms. The second kappa shape index (κ2) is 15.0. The molecule has 0 aromatic heterocycles. The van der Waals surface area contributed by atoms with E-state index in [4.69, 9.17) is 0 Å². The average Bonchev–Trinajstić information content (AvgIpc) is 2.65. The van der Waals surface area contributed by atoms with Crippen LogP contribution in [0, 0.1) is 0 Å². The summed E-state index contributed by atoms with van der Waals surface area (Å²) in [6, 6.07) is 10.4. The maximum absolute atomic E-state index is 11.9. The van der Waals surface area contributed by atoms with E-state index in [1.54, 1.807) is 0 Å². The van der Waals surface area contributed by atoms with Gasteiger partial charge >= 0.3 is 0 Å². The van der Waals surface area contributed by atoms with Crippen LogP contribution in [0.2, 0.25) is 0 Å². The fourth-order valence-electron chi connectivity index (χ4n) is 3.20. The Morgan fingerprint density at radius 2 is 1.36 bits per heavy atom. The maximum atomic E-state index is 11.9. The lowest BCUT2D eigenvalue weighted by atomic mass is 10.0. The first kappa shape index (κ1) is 21.7. The van der Waals surface area contributed by atoms with Crippen LogP contribution < -0.4 is 5.32 Å². The van der Waals surface area contributed by atoms with Crippen molar-refractivity contribution in [3.63, 3.8) is 0 Å². The molecular formula is C23H39NO. The van der Waals surface area contributed by atoms with Gasteiger partial charge in [-0.25, -0.2) is 0 Å². The molecule has 2 nitrogen and oxygen atoms in total. The predicted octanol–water partition coefficient (Wildman–Crippen LogP) is 6.61. The molecule has 0 radical (unpaired) electrons. The van der Waals surface area contributed by atoms with Gasteiger partial charge in [0.2, 0.25) is 5.91 Å². The number of carbonyl (C=O) groups excluding carboxylic acids is 1. The zero-order chi connectivity index (χ0) is 18.2. The molecule has 0 unspecified atom stereocenters. The van der Waals surface area contributed by atoms with Crippen molar-refractivity contribution in [2.24, 2.45) is 0 Å². The van der Waals surface area contributed by atoms with Gasteiger partial charge in [0.15, 0.2) is 0 Å². The molecule has 0 bridgehead atoms. The van der Waals surface area contributed by atoms with Crippen molar-refractivity contribution in [1.82, 2.24) is 5.32 Å². The van der Waals surface area contributed by atoms with Gasteiger partial charge in [0, 0.05) is 13.0 Å². The van der Waals surface area contributed by atoms with Crippen LogP contribution in [0.15, 0.2) is 30.3 Å². The van der Waals surface area contributed by atoms with E-state index in [2.05, 4.69) is 43.4 Å². The molecule has 142 valence electrons. The van der Waals surface area contributed by atoms with Crippen molar-refractivity contribution in [3.8, 4) is 0 Å². The zero-order valence-corrected chi connectivity index (χ0v) is 16.6. The van der Waals surface area contributed by atoms with Gasteiger partial charge in [0.25, 0.3) is 0 Å². The third-order valence-corrected chi connectivity index (χ3v) is 4.98. The Morgan fingerprint density at radius 3 is 1.92 bits per heavy atom. The highest BCUT2D eigenvalue weighted by Crippen LogP contribution is 2.14. The Kier molecular flexibility index (Phi) is 13.0. The summed E-state index contributed by atoms with van der Waals surface area (Å²) in [4.78, 5) is 11.9. The summed E-state index contributed by atoms with van der Waals surface area (Å²) in [5.74, 6) is 0.584. The first-order valence-corrected chi connectivity index (χ1v) is 10.6. The molecule has 0 aliphatic carbocycles. The van der Waals surface area contributed by atoms with Crippen molar-refractivity contribution >= 4 is 5.91 Å². The lowest BCUT2D eigenvalue weighted by Crippen LogP contribution is -2.27. The second-order valence-corrected chi connectivity index (χ2v) is 7.40. The molecule has 0 fully saturated rings. The van der Waals surface area contributed by atoms with Gasteiger partial charge < -0.3 is 5.32 Å². The van der Waals surface area contributed by atoms with Gasteiger partial charge in [0.1, 0.15) is 0 Å². The summed E-state index contributed by atoms with van der Waals surface area (Å²) >= 11 is 0. The molecule has 0 heterocycles. The fourth-order valence-corrected chi connectivity index (χ4v) is 3.20. The molecule has 0 saturated heterocycles. The lowest BCUT2D eigenvalue weighted by molar-refractivity contribution is -0.121. The minimum atomic E-state index is 0.207. The van der Waals surface area contributed by atoms with Gasteiger partial charge in [-0.05, 0) is 17.9 Å².